The quantitative estimate of drug-likeness (QED) is 0.775. The Balaban J connectivity index is 0.00000220. The van der Waals surface area contributed by atoms with Crippen LogP contribution in [0.4, 0.5) is 5.69 Å². The molecule has 2 rings (SSSR count). The molecule has 5 nitrogen and oxygen atoms in total. The number of amides is 2. The molecule has 1 atom stereocenters. The predicted octanol–water partition coefficient (Wildman–Crippen LogP) is 1.68. The van der Waals surface area contributed by atoms with Gasteiger partial charge in [0, 0.05) is 25.2 Å². The molecule has 3 N–H and O–H groups in total. The van der Waals surface area contributed by atoms with E-state index in [1.165, 1.54) is 0 Å². The van der Waals surface area contributed by atoms with Crippen LogP contribution in [-0.4, -0.2) is 24.9 Å². The Morgan fingerprint density at radius 3 is 2.90 bits per heavy atom. The van der Waals surface area contributed by atoms with E-state index in [4.69, 9.17) is 0 Å². The molecule has 1 aliphatic rings. The van der Waals surface area contributed by atoms with E-state index in [1.54, 1.807) is 0 Å². The smallest absolute Gasteiger partial charge is 0.229 e. The van der Waals surface area contributed by atoms with Crippen LogP contribution in [0.15, 0.2) is 24.3 Å². The van der Waals surface area contributed by atoms with Crippen molar-refractivity contribution in [2.24, 2.45) is 5.92 Å². The fraction of sp³-hybridized carbons (Fsp3) is 0.467. The number of carbonyl (C=O) groups is 2. The highest BCUT2D eigenvalue weighted by molar-refractivity contribution is 5.94. The van der Waals surface area contributed by atoms with Gasteiger partial charge < -0.3 is 16.0 Å². The maximum absolute atomic E-state index is 12.1. The summed E-state index contributed by atoms with van der Waals surface area (Å²) in [6.07, 6.45) is 1.05. The lowest BCUT2D eigenvalue weighted by Gasteiger charge is -2.21. The predicted molar refractivity (Wildman–Crippen MR) is 85.4 cm³/mol. The Morgan fingerprint density at radius 1 is 1.43 bits per heavy atom. The molecule has 1 unspecified atom stereocenters. The van der Waals surface area contributed by atoms with Gasteiger partial charge in [-0.05, 0) is 30.7 Å². The molecule has 1 heterocycles. The third-order valence-electron chi connectivity index (χ3n) is 3.41. The SMILES string of the molecule is CCNCc1cccc(NC(=O)C2CCC(=O)NC2)c1.Cl. The van der Waals surface area contributed by atoms with E-state index in [2.05, 4.69) is 22.9 Å². The summed E-state index contributed by atoms with van der Waals surface area (Å²) in [5.74, 6) is -0.127. The molecule has 0 spiro atoms. The molecule has 21 heavy (non-hydrogen) atoms. The molecule has 1 saturated heterocycles. The molecule has 1 aromatic carbocycles. The summed E-state index contributed by atoms with van der Waals surface area (Å²) >= 11 is 0. The highest BCUT2D eigenvalue weighted by Gasteiger charge is 2.24. The van der Waals surface area contributed by atoms with Crippen molar-refractivity contribution in [2.45, 2.75) is 26.3 Å². The molecule has 0 radical (unpaired) electrons. The minimum atomic E-state index is -0.134. The highest BCUT2D eigenvalue weighted by Crippen LogP contribution is 2.16. The van der Waals surface area contributed by atoms with Crippen molar-refractivity contribution in [3.05, 3.63) is 29.8 Å². The van der Waals surface area contributed by atoms with Gasteiger partial charge in [0.15, 0.2) is 0 Å². The molecule has 0 saturated carbocycles. The van der Waals surface area contributed by atoms with Crippen LogP contribution in [0.3, 0.4) is 0 Å². The van der Waals surface area contributed by atoms with Crippen molar-refractivity contribution in [3.63, 3.8) is 0 Å². The number of benzene rings is 1. The number of hydrogen-bond acceptors (Lipinski definition) is 3. The van der Waals surface area contributed by atoms with Crippen molar-refractivity contribution >= 4 is 29.9 Å². The van der Waals surface area contributed by atoms with Gasteiger partial charge in [0.1, 0.15) is 0 Å². The van der Waals surface area contributed by atoms with Gasteiger partial charge in [-0.3, -0.25) is 9.59 Å². The maximum Gasteiger partial charge on any atom is 0.229 e. The van der Waals surface area contributed by atoms with Gasteiger partial charge in [-0.25, -0.2) is 0 Å². The standard InChI is InChI=1S/C15H21N3O2.ClH/c1-2-16-9-11-4-3-5-13(8-11)18-15(20)12-6-7-14(19)17-10-12;/h3-5,8,12,16H,2,6-7,9-10H2,1H3,(H,17,19)(H,18,20);1H. The van der Waals surface area contributed by atoms with E-state index in [0.29, 0.717) is 19.4 Å². The molecular formula is C15H22ClN3O2. The van der Waals surface area contributed by atoms with Gasteiger partial charge >= 0.3 is 0 Å². The van der Waals surface area contributed by atoms with Crippen LogP contribution in [0, 0.1) is 5.92 Å². The third kappa shape index (κ3) is 5.36. The van der Waals surface area contributed by atoms with Crippen molar-refractivity contribution in [1.29, 1.82) is 0 Å². The second-order valence-corrected chi connectivity index (χ2v) is 5.01. The second kappa shape index (κ2) is 8.64. The molecule has 0 aliphatic carbocycles. The normalized spacial score (nSPS) is 17.6. The molecule has 0 bridgehead atoms. The van der Waals surface area contributed by atoms with Crippen molar-refractivity contribution in [1.82, 2.24) is 10.6 Å². The van der Waals surface area contributed by atoms with Crippen LogP contribution in [0.2, 0.25) is 0 Å². The first-order valence-corrected chi connectivity index (χ1v) is 7.06. The van der Waals surface area contributed by atoms with Crippen LogP contribution < -0.4 is 16.0 Å². The molecule has 6 heteroatoms. The Bertz CT molecular complexity index is 484. The molecule has 116 valence electrons. The van der Waals surface area contributed by atoms with E-state index in [9.17, 15) is 9.59 Å². The van der Waals surface area contributed by atoms with Crippen molar-refractivity contribution < 1.29 is 9.59 Å². The minimum absolute atomic E-state index is 0. The largest absolute Gasteiger partial charge is 0.355 e. The van der Waals surface area contributed by atoms with Crippen molar-refractivity contribution in [3.8, 4) is 0 Å². The lowest BCUT2D eigenvalue weighted by atomic mass is 9.98. The molecule has 1 aliphatic heterocycles. The number of carbonyl (C=O) groups excluding carboxylic acids is 2. The summed E-state index contributed by atoms with van der Waals surface area (Å²) in [6.45, 7) is 4.20. The highest BCUT2D eigenvalue weighted by atomic mass is 35.5. The van der Waals surface area contributed by atoms with Gasteiger partial charge in [-0.2, -0.15) is 0 Å². The van der Waals surface area contributed by atoms with Crippen molar-refractivity contribution in [2.75, 3.05) is 18.4 Å². The maximum atomic E-state index is 12.1. The minimum Gasteiger partial charge on any atom is -0.355 e. The number of rotatable bonds is 5. The van der Waals surface area contributed by atoms with Gasteiger partial charge in [-0.1, -0.05) is 19.1 Å². The van der Waals surface area contributed by atoms with Gasteiger partial charge in [0.2, 0.25) is 11.8 Å². The van der Waals surface area contributed by atoms with Crippen LogP contribution >= 0.6 is 12.4 Å². The van der Waals surface area contributed by atoms with Crippen LogP contribution in [0.5, 0.6) is 0 Å². The summed E-state index contributed by atoms with van der Waals surface area (Å²) in [7, 11) is 0. The van der Waals surface area contributed by atoms with Gasteiger partial charge in [0.25, 0.3) is 0 Å². The van der Waals surface area contributed by atoms with E-state index in [-0.39, 0.29) is 30.1 Å². The zero-order valence-corrected chi connectivity index (χ0v) is 13.0. The fourth-order valence-corrected chi connectivity index (χ4v) is 2.23. The molecule has 2 amide bonds. The van der Waals surface area contributed by atoms with Crippen LogP contribution in [-0.2, 0) is 16.1 Å². The number of nitrogens with one attached hydrogen (secondary N) is 3. The first-order chi connectivity index (χ1) is 9.69. The molecule has 1 aromatic rings. The van der Waals surface area contributed by atoms with E-state index >= 15 is 0 Å². The Kier molecular flexibility index (Phi) is 7.19. The average molecular weight is 312 g/mol. The van der Waals surface area contributed by atoms with Crippen LogP contribution in [0.25, 0.3) is 0 Å². The Morgan fingerprint density at radius 2 is 2.24 bits per heavy atom. The van der Waals surface area contributed by atoms with Gasteiger partial charge in [-0.15, -0.1) is 12.4 Å². The third-order valence-corrected chi connectivity index (χ3v) is 3.41. The number of halogens is 1. The number of piperidine rings is 1. The Labute approximate surface area is 131 Å². The summed E-state index contributed by atoms with van der Waals surface area (Å²) in [4.78, 5) is 23.2. The lowest BCUT2D eigenvalue weighted by Crippen LogP contribution is -2.40. The summed E-state index contributed by atoms with van der Waals surface area (Å²) < 4.78 is 0. The monoisotopic (exact) mass is 311 g/mol. The first kappa shape index (κ1) is 17.5. The lowest BCUT2D eigenvalue weighted by molar-refractivity contribution is -0.126. The second-order valence-electron chi connectivity index (χ2n) is 5.01. The fourth-order valence-electron chi connectivity index (χ4n) is 2.23. The molecule has 1 fully saturated rings. The van der Waals surface area contributed by atoms with E-state index in [1.807, 2.05) is 24.3 Å². The average Bonchev–Trinajstić information content (AvgIpc) is 2.46. The number of anilines is 1. The van der Waals surface area contributed by atoms with Crippen LogP contribution in [0.1, 0.15) is 25.3 Å². The number of hydrogen-bond donors (Lipinski definition) is 3. The van der Waals surface area contributed by atoms with E-state index in [0.717, 1.165) is 24.3 Å². The van der Waals surface area contributed by atoms with E-state index < -0.39 is 0 Å². The molecular weight excluding hydrogens is 290 g/mol. The molecule has 0 aromatic heterocycles. The zero-order valence-electron chi connectivity index (χ0n) is 12.1. The zero-order chi connectivity index (χ0) is 14.4. The summed E-state index contributed by atoms with van der Waals surface area (Å²) in [5.41, 5.74) is 1.95. The van der Waals surface area contributed by atoms with Gasteiger partial charge in [0.05, 0.1) is 5.92 Å². The topological polar surface area (TPSA) is 70.2 Å². The Hall–Kier alpha value is -1.59. The first-order valence-electron chi connectivity index (χ1n) is 7.06. The summed E-state index contributed by atoms with van der Waals surface area (Å²) in [5, 5.41) is 8.91. The summed E-state index contributed by atoms with van der Waals surface area (Å²) in [6, 6.07) is 7.82.